The van der Waals surface area contributed by atoms with Crippen LogP contribution in [-0.2, 0) is 19.1 Å². The highest BCUT2D eigenvalue weighted by Gasteiger charge is 2.42. The smallest absolute Gasteiger partial charge is 0.326 e. The third kappa shape index (κ3) is 3.69. The minimum Gasteiger partial charge on any atom is -0.480 e. The van der Waals surface area contributed by atoms with E-state index in [9.17, 15) is 19.5 Å². The number of nitrogens with zero attached hydrogens (tertiary/aromatic N) is 1. The van der Waals surface area contributed by atoms with Crippen LogP contribution in [0.25, 0.3) is 0 Å². The summed E-state index contributed by atoms with van der Waals surface area (Å²) < 4.78 is 5.15. The Morgan fingerprint density at radius 3 is 2.35 bits per heavy atom. The second-order valence-corrected chi connectivity index (χ2v) is 5.36. The van der Waals surface area contributed by atoms with Gasteiger partial charge in [-0.15, -0.1) is 0 Å². The monoisotopic (exact) mass is 286 g/mol. The second-order valence-electron chi connectivity index (χ2n) is 5.36. The number of carboxylic acids is 1. The van der Waals surface area contributed by atoms with Crippen LogP contribution in [0.5, 0.6) is 0 Å². The van der Waals surface area contributed by atoms with Crippen LogP contribution in [0.4, 0.5) is 0 Å². The fraction of sp³-hybridized carbons (Fsp3) is 0.769. The Bertz CT molecular complexity index is 396. The summed E-state index contributed by atoms with van der Waals surface area (Å²) in [6.07, 6.45) is -0.0205. The Labute approximate surface area is 118 Å². The molecule has 0 aromatic carbocycles. The number of likely N-dealkylation sites (tertiary alicyclic amines) is 1. The van der Waals surface area contributed by atoms with Crippen LogP contribution in [0, 0.1) is 5.92 Å². The molecule has 1 saturated heterocycles. The van der Waals surface area contributed by atoms with Crippen LogP contribution in [0.1, 0.15) is 27.2 Å². The first-order valence-corrected chi connectivity index (χ1v) is 6.61. The second kappa shape index (κ2) is 6.69. The maximum Gasteiger partial charge on any atom is 0.326 e. The molecule has 0 bridgehead atoms. The van der Waals surface area contributed by atoms with Crippen LogP contribution >= 0.6 is 0 Å². The highest BCUT2D eigenvalue weighted by molar-refractivity contribution is 5.90. The highest BCUT2D eigenvalue weighted by Crippen LogP contribution is 2.22. The molecule has 2 amide bonds. The average Bonchev–Trinajstić information content (AvgIpc) is 2.78. The van der Waals surface area contributed by atoms with Crippen molar-refractivity contribution in [1.82, 2.24) is 10.2 Å². The van der Waals surface area contributed by atoms with Crippen LogP contribution in [-0.4, -0.2) is 59.6 Å². The van der Waals surface area contributed by atoms with Crippen molar-refractivity contribution in [3.63, 3.8) is 0 Å². The van der Waals surface area contributed by atoms with E-state index in [1.807, 2.05) is 0 Å². The topological polar surface area (TPSA) is 95.9 Å². The molecule has 1 aliphatic heterocycles. The van der Waals surface area contributed by atoms with E-state index >= 15 is 0 Å². The zero-order valence-electron chi connectivity index (χ0n) is 12.3. The number of amides is 2. The first-order valence-electron chi connectivity index (χ1n) is 6.61. The summed E-state index contributed by atoms with van der Waals surface area (Å²) in [5.74, 6) is -1.86. The van der Waals surface area contributed by atoms with Crippen LogP contribution in [0.3, 0.4) is 0 Å². The molecule has 0 aromatic heterocycles. The number of hydrogen-bond donors (Lipinski definition) is 2. The molecule has 114 valence electrons. The Morgan fingerprint density at radius 2 is 1.95 bits per heavy atom. The Hall–Kier alpha value is -1.63. The number of methoxy groups -OCH3 is 1. The molecule has 1 heterocycles. The van der Waals surface area contributed by atoms with Gasteiger partial charge >= 0.3 is 5.97 Å². The molecule has 0 spiro atoms. The zero-order valence-corrected chi connectivity index (χ0v) is 12.3. The summed E-state index contributed by atoms with van der Waals surface area (Å²) in [6.45, 7) is 5.17. The predicted octanol–water partition coefficient (Wildman–Crippen LogP) is -0.152. The lowest BCUT2D eigenvalue weighted by Crippen LogP contribution is -2.53. The summed E-state index contributed by atoms with van der Waals surface area (Å²) >= 11 is 0. The Kier molecular flexibility index (Phi) is 5.50. The number of nitrogens with one attached hydrogen (secondary N) is 1. The molecule has 0 aromatic rings. The maximum absolute atomic E-state index is 12.5. The van der Waals surface area contributed by atoms with Crippen molar-refractivity contribution in [3.8, 4) is 0 Å². The molecule has 0 radical (unpaired) electrons. The molecule has 1 aliphatic rings. The van der Waals surface area contributed by atoms with Crippen LogP contribution < -0.4 is 5.32 Å². The maximum atomic E-state index is 12.5. The summed E-state index contributed by atoms with van der Waals surface area (Å²) in [5.41, 5.74) is 0. The third-order valence-corrected chi connectivity index (χ3v) is 3.46. The van der Waals surface area contributed by atoms with Crippen molar-refractivity contribution in [2.75, 3.05) is 13.7 Å². The molecule has 7 heteroatoms. The van der Waals surface area contributed by atoms with Gasteiger partial charge in [0.25, 0.3) is 0 Å². The van der Waals surface area contributed by atoms with Gasteiger partial charge in [-0.25, -0.2) is 4.79 Å². The molecule has 1 fully saturated rings. The SMILES string of the molecule is COC1CC(C(=O)O)N(C(=O)C(NC(C)=O)C(C)C)C1. The molecular formula is C13H22N2O5. The number of ether oxygens (including phenoxy) is 1. The number of aliphatic carboxylic acids is 1. The van der Waals surface area contributed by atoms with Gasteiger partial charge in [-0.05, 0) is 5.92 Å². The van der Waals surface area contributed by atoms with E-state index in [-0.39, 0.29) is 36.8 Å². The first-order chi connectivity index (χ1) is 9.27. The summed E-state index contributed by atoms with van der Waals surface area (Å²) in [5, 5.41) is 11.8. The van der Waals surface area contributed by atoms with Gasteiger partial charge in [0.15, 0.2) is 0 Å². The summed E-state index contributed by atoms with van der Waals surface area (Å²) in [7, 11) is 1.49. The fourth-order valence-electron chi connectivity index (χ4n) is 2.36. The van der Waals surface area contributed by atoms with E-state index in [4.69, 9.17) is 4.74 Å². The van der Waals surface area contributed by atoms with E-state index in [1.165, 1.54) is 18.9 Å². The van der Waals surface area contributed by atoms with Crippen LogP contribution in [0.15, 0.2) is 0 Å². The van der Waals surface area contributed by atoms with E-state index < -0.39 is 18.1 Å². The molecule has 20 heavy (non-hydrogen) atoms. The summed E-state index contributed by atoms with van der Waals surface area (Å²) in [4.78, 5) is 36.2. The largest absolute Gasteiger partial charge is 0.480 e. The lowest BCUT2D eigenvalue weighted by molar-refractivity contribution is -0.149. The minimum atomic E-state index is -1.05. The van der Waals surface area contributed by atoms with E-state index in [1.54, 1.807) is 13.8 Å². The molecule has 0 saturated carbocycles. The molecule has 3 unspecified atom stereocenters. The molecule has 1 rings (SSSR count). The van der Waals surface area contributed by atoms with Crippen molar-refractivity contribution in [2.45, 2.75) is 45.4 Å². The quantitative estimate of drug-likeness (QED) is 0.732. The fourth-order valence-corrected chi connectivity index (χ4v) is 2.36. The van der Waals surface area contributed by atoms with Gasteiger partial charge in [0.05, 0.1) is 6.10 Å². The van der Waals surface area contributed by atoms with Gasteiger partial charge in [0.1, 0.15) is 12.1 Å². The van der Waals surface area contributed by atoms with Gasteiger partial charge in [-0.2, -0.15) is 0 Å². The van der Waals surface area contributed by atoms with Gasteiger partial charge in [-0.3, -0.25) is 9.59 Å². The van der Waals surface area contributed by atoms with Crippen molar-refractivity contribution in [1.29, 1.82) is 0 Å². The molecule has 3 atom stereocenters. The van der Waals surface area contributed by atoms with E-state index in [0.717, 1.165) is 0 Å². The lowest BCUT2D eigenvalue weighted by Gasteiger charge is -2.29. The lowest BCUT2D eigenvalue weighted by atomic mass is 10.0. The van der Waals surface area contributed by atoms with E-state index in [0.29, 0.717) is 0 Å². The van der Waals surface area contributed by atoms with Crippen molar-refractivity contribution in [3.05, 3.63) is 0 Å². The van der Waals surface area contributed by atoms with Crippen molar-refractivity contribution >= 4 is 17.8 Å². The normalized spacial score (nSPS) is 23.8. The molecule has 7 nitrogen and oxygen atoms in total. The van der Waals surface area contributed by atoms with Gasteiger partial charge < -0.3 is 20.1 Å². The molecular weight excluding hydrogens is 264 g/mol. The van der Waals surface area contributed by atoms with Crippen LogP contribution in [0.2, 0.25) is 0 Å². The number of rotatable bonds is 5. The predicted molar refractivity (Wildman–Crippen MR) is 71.0 cm³/mol. The molecule has 2 N–H and O–H groups in total. The highest BCUT2D eigenvalue weighted by atomic mass is 16.5. The third-order valence-electron chi connectivity index (χ3n) is 3.46. The van der Waals surface area contributed by atoms with Gasteiger partial charge in [-0.1, -0.05) is 13.8 Å². The first kappa shape index (κ1) is 16.4. The minimum absolute atomic E-state index is 0.123. The van der Waals surface area contributed by atoms with Gasteiger partial charge in [0, 0.05) is 27.0 Å². The standard InChI is InChI=1S/C13H22N2O5/c1-7(2)11(14-8(3)16)12(17)15-6-9(20-4)5-10(15)13(18)19/h7,9-11H,5-6H2,1-4H3,(H,14,16)(H,18,19). The number of carbonyl (C=O) groups is 3. The number of carboxylic acid groups (broad SMARTS) is 1. The summed E-state index contributed by atoms with van der Waals surface area (Å²) in [6, 6.07) is -1.62. The Balaban J connectivity index is 2.91. The van der Waals surface area contributed by atoms with Gasteiger partial charge in [0.2, 0.25) is 11.8 Å². The zero-order chi connectivity index (χ0) is 15.4. The van der Waals surface area contributed by atoms with Crippen molar-refractivity contribution in [2.24, 2.45) is 5.92 Å². The number of hydrogen-bond acceptors (Lipinski definition) is 4. The molecule has 0 aliphatic carbocycles. The Morgan fingerprint density at radius 1 is 1.35 bits per heavy atom. The van der Waals surface area contributed by atoms with Crippen molar-refractivity contribution < 1.29 is 24.2 Å². The number of carbonyl (C=O) groups excluding carboxylic acids is 2. The van der Waals surface area contributed by atoms with E-state index in [2.05, 4.69) is 5.32 Å². The average molecular weight is 286 g/mol.